The van der Waals surface area contributed by atoms with Crippen LogP contribution in [0.2, 0.25) is 5.02 Å². The molecule has 1 unspecified atom stereocenters. The Morgan fingerprint density at radius 1 is 1.36 bits per heavy atom. The summed E-state index contributed by atoms with van der Waals surface area (Å²) in [6, 6.07) is 8.10. The lowest BCUT2D eigenvalue weighted by Gasteiger charge is -2.32. The van der Waals surface area contributed by atoms with Crippen molar-refractivity contribution in [1.82, 2.24) is 4.90 Å². The van der Waals surface area contributed by atoms with E-state index in [2.05, 4.69) is 0 Å². The average Bonchev–Trinajstić information content (AvgIpc) is 3.04. The molecule has 150 valence electrons. The topological polar surface area (TPSA) is 66.8 Å². The molecule has 2 aromatic rings. The molecule has 0 aliphatic carbocycles. The van der Waals surface area contributed by atoms with Crippen LogP contribution in [-0.4, -0.2) is 28.5 Å². The van der Waals surface area contributed by atoms with Crippen molar-refractivity contribution in [1.29, 1.82) is 0 Å². The van der Waals surface area contributed by atoms with Crippen LogP contribution < -0.4 is 4.74 Å². The molecule has 1 aliphatic heterocycles. The second-order valence-corrected chi connectivity index (χ2v) is 9.13. The lowest BCUT2D eigenvalue weighted by molar-refractivity contribution is -0.144. The highest BCUT2D eigenvalue weighted by atomic mass is 35.5. The van der Waals surface area contributed by atoms with Crippen LogP contribution in [0.3, 0.4) is 0 Å². The van der Waals surface area contributed by atoms with Crippen molar-refractivity contribution < 1.29 is 19.4 Å². The number of nitrogens with zero attached hydrogens (tertiary/aromatic N) is 1. The summed E-state index contributed by atoms with van der Waals surface area (Å²) in [4.78, 5) is 27.4. The van der Waals surface area contributed by atoms with E-state index in [0.717, 1.165) is 10.4 Å². The van der Waals surface area contributed by atoms with Gasteiger partial charge in [-0.25, -0.2) is 0 Å². The van der Waals surface area contributed by atoms with Crippen LogP contribution in [0.15, 0.2) is 30.3 Å². The number of ether oxygens (including phenoxy) is 1. The maximum absolute atomic E-state index is 12.3. The van der Waals surface area contributed by atoms with Gasteiger partial charge in [-0.05, 0) is 49.9 Å². The summed E-state index contributed by atoms with van der Waals surface area (Å²) in [6.45, 7) is 6.77. The highest BCUT2D eigenvalue weighted by Gasteiger charge is 2.33. The Balaban J connectivity index is 1.80. The van der Waals surface area contributed by atoms with Gasteiger partial charge in [0.1, 0.15) is 6.04 Å². The summed E-state index contributed by atoms with van der Waals surface area (Å²) in [5.74, 6) is -1.17. The summed E-state index contributed by atoms with van der Waals surface area (Å²) in [5, 5.41) is 10.8. The number of carbonyl (C=O) groups is 2. The molecular weight excluding hydrogens is 398 g/mol. The number of hydrogen-bond donors (Lipinski definition) is 1. The normalized spacial score (nSPS) is 15.7. The minimum Gasteiger partial charge on any atom is -0.480 e. The van der Waals surface area contributed by atoms with Gasteiger partial charge in [0, 0.05) is 23.0 Å². The van der Waals surface area contributed by atoms with Gasteiger partial charge < -0.3 is 9.84 Å². The molecule has 0 saturated heterocycles. The summed E-state index contributed by atoms with van der Waals surface area (Å²) in [7, 11) is 0. The van der Waals surface area contributed by atoms with E-state index in [4.69, 9.17) is 16.3 Å². The first-order valence-electron chi connectivity index (χ1n) is 9.28. The predicted molar refractivity (Wildman–Crippen MR) is 110 cm³/mol. The van der Waals surface area contributed by atoms with Crippen LogP contribution in [-0.2, 0) is 22.6 Å². The van der Waals surface area contributed by atoms with Crippen LogP contribution in [0, 0.1) is 5.41 Å². The minimum absolute atomic E-state index is 0.245. The van der Waals surface area contributed by atoms with E-state index in [1.807, 2.05) is 31.7 Å². The van der Waals surface area contributed by atoms with E-state index in [1.165, 1.54) is 11.3 Å². The first-order valence-corrected chi connectivity index (χ1v) is 10.5. The Bertz CT molecular complexity index is 892. The van der Waals surface area contributed by atoms with Crippen molar-refractivity contribution in [2.24, 2.45) is 5.41 Å². The number of halogens is 1. The Kier molecular flexibility index (Phi) is 6.12. The zero-order valence-electron chi connectivity index (χ0n) is 16.2. The van der Waals surface area contributed by atoms with E-state index < -0.39 is 17.4 Å². The van der Waals surface area contributed by atoms with Crippen LogP contribution in [0.5, 0.6) is 5.06 Å². The fourth-order valence-corrected chi connectivity index (χ4v) is 4.40. The van der Waals surface area contributed by atoms with Crippen LogP contribution in [0.25, 0.3) is 0 Å². The third-order valence-electron chi connectivity index (χ3n) is 5.30. The molecule has 0 amide bonds. The third kappa shape index (κ3) is 4.24. The van der Waals surface area contributed by atoms with Gasteiger partial charge in [0.05, 0.1) is 5.41 Å². The Hall–Kier alpha value is -1.89. The summed E-state index contributed by atoms with van der Waals surface area (Å²) in [6.07, 6.45) is 1.41. The number of carbonyl (C=O) groups excluding carboxylic acids is 1. The monoisotopic (exact) mass is 421 g/mol. The molecule has 2 heterocycles. The highest BCUT2D eigenvalue weighted by molar-refractivity contribution is 7.14. The predicted octanol–water partition coefficient (Wildman–Crippen LogP) is 4.93. The molecule has 5 nitrogen and oxygen atoms in total. The molecular formula is C21H24ClNO4S. The fraction of sp³-hybridized carbons (Fsp3) is 0.429. The number of fused-ring (bicyclic) bond motifs is 1. The van der Waals surface area contributed by atoms with E-state index in [0.29, 0.717) is 41.6 Å². The minimum atomic E-state index is -0.928. The zero-order valence-corrected chi connectivity index (χ0v) is 17.8. The molecule has 7 heteroatoms. The Morgan fingerprint density at radius 2 is 2.07 bits per heavy atom. The summed E-state index contributed by atoms with van der Waals surface area (Å²) in [5.41, 5.74) is 1.06. The number of thiophene rings is 1. The first kappa shape index (κ1) is 20.8. The zero-order chi connectivity index (χ0) is 20.5. The number of carboxylic acid groups (broad SMARTS) is 1. The molecule has 3 rings (SSSR count). The lowest BCUT2D eigenvalue weighted by atomic mass is 9.91. The number of hydrogen-bond acceptors (Lipinski definition) is 5. The Labute approximate surface area is 173 Å². The number of rotatable bonds is 6. The number of aliphatic carboxylic acids is 1. The van der Waals surface area contributed by atoms with Crippen molar-refractivity contribution >= 4 is 34.9 Å². The maximum atomic E-state index is 12.3. The average molecular weight is 422 g/mol. The molecule has 1 atom stereocenters. The van der Waals surface area contributed by atoms with Gasteiger partial charge in [0.2, 0.25) is 0 Å². The van der Waals surface area contributed by atoms with Crippen molar-refractivity contribution in [2.75, 3.05) is 6.54 Å². The van der Waals surface area contributed by atoms with Gasteiger partial charge in [-0.1, -0.05) is 36.7 Å². The van der Waals surface area contributed by atoms with Gasteiger partial charge in [0.15, 0.2) is 5.06 Å². The number of benzene rings is 1. The highest BCUT2D eigenvalue weighted by Crippen LogP contribution is 2.38. The number of carboxylic acids is 1. The largest absolute Gasteiger partial charge is 0.480 e. The van der Waals surface area contributed by atoms with Crippen molar-refractivity contribution in [3.8, 4) is 5.06 Å². The van der Waals surface area contributed by atoms with Crippen molar-refractivity contribution in [3.05, 3.63) is 51.4 Å². The molecule has 0 spiro atoms. The lowest BCUT2D eigenvalue weighted by Crippen LogP contribution is -2.37. The molecule has 0 bridgehead atoms. The van der Waals surface area contributed by atoms with Gasteiger partial charge in [-0.15, -0.1) is 11.3 Å². The molecule has 0 saturated carbocycles. The third-order valence-corrected chi connectivity index (χ3v) is 6.76. The Morgan fingerprint density at radius 3 is 2.71 bits per heavy atom. The standard InChI is InChI=1S/C21H24ClNO4S/c1-4-21(2,3)20(26)27-17-11-13-12-23(10-9-16(13)28-17)18(19(24)25)14-7-5-6-8-15(14)22/h5-8,11,18H,4,9-10,12H2,1-3H3,(H,24,25). The molecule has 0 radical (unpaired) electrons. The van der Waals surface area contributed by atoms with Gasteiger partial charge in [0.25, 0.3) is 0 Å². The fourth-order valence-electron chi connectivity index (χ4n) is 3.15. The van der Waals surface area contributed by atoms with Crippen molar-refractivity contribution in [3.63, 3.8) is 0 Å². The van der Waals surface area contributed by atoms with Crippen LogP contribution >= 0.6 is 22.9 Å². The first-order chi connectivity index (χ1) is 13.2. The van der Waals surface area contributed by atoms with Gasteiger partial charge in [-0.3, -0.25) is 14.5 Å². The van der Waals surface area contributed by atoms with Gasteiger partial charge >= 0.3 is 11.9 Å². The second kappa shape index (κ2) is 8.23. The molecule has 1 aliphatic rings. The van der Waals surface area contributed by atoms with Gasteiger partial charge in [-0.2, -0.15) is 0 Å². The molecule has 28 heavy (non-hydrogen) atoms. The second-order valence-electron chi connectivity index (χ2n) is 7.62. The van der Waals surface area contributed by atoms with Crippen LogP contribution in [0.4, 0.5) is 0 Å². The molecule has 0 fully saturated rings. The summed E-state index contributed by atoms with van der Waals surface area (Å²) < 4.78 is 5.59. The van der Waals surface area contributed by atoms with Crippen LogP contribution in [0.1, 0.15) is 49.2 Å². The molecule has 1 aromatic carbocycles. The SMILES string of the molecule is CCC(C)(C)C(=O)Oc1cc2c(s1)CCN(C(C(=O)O)c1ccccc1Cl)C2. The smallest absolute Gasteiger partial charge is 0.325 e. The van der Waals surface area contributed by atoms with E-state index in [1.54, 1.807) is 24.3 Å². The maximum Gasteiger partial charge on any atom is 0.325 e. The van der Waals surface area contributed by atoms with E-state index in [-0.39, 0.29) is 5.97 Å². The number of esters is 1. The molecule has 1 N–H and O–H groups in total. The summed E-state index contributed by atoms with van der Waals surface area (Å²) >= 11 is 7.72. The van der Waals surface area contributed by atoms with E-state index in [9.17, 15) is 14.7 Å². The van der Waals surface area contributed by atoms with Crippen molar-refractivity contribution in [2.45, 2.75) is 46.2 Å². The van der Waals surface area contributed by atoms with E-state index >= 15 is 0 Å². The quantitative estimate of drug-likeness (QED) is 0.670. The molecule has 1 aromatic heterocycles.